The number of rotatable bonds is 4. The van der Waals surface area contributed by atoms with Crippen LogP contribution in [0.1, 0.15) is 10.5 Å². The first-order chi connectivity index (χ1) is 6.63. The highest BCUT2D eigenvalue weighted by Gasteiger charge is 2.04. The van der Waals surface area contributed by atoms with E-state index in [4.69, 9.17) is 10.8 Å². The standard InChI is InChI=1S/C6H10N6O2/c1-12(3-13)11-10-6-8-2-4(9-6)5(7)14/h2,13H,3H2,1H3,(H2,7,14)(H,8,9). The molecule has 0 unspecified atom stereocenters. The summed E-state index contributed by atoms with van der Waals surface area (Å²) in [4.78, 5) is 16.9. The molecule has 1 aromatic heterocycles. The zero-order valence-corrected chi connectivity index (χ0v) is 7.51. The number of amides is 1. The summed E-state index contributed by atoms with van der Waals surface area (Å²) < 4.78 is 0. The van der Waals surface area contributed by atoms with Gasteiger partial charge in [-0.15, -0.1) is 0 Å². The van der Waals surface area contributed by atoms with Gasteiger partial charge in [-0.2, -0.15) is 0 Å². The topological polar surface area (TPSA) is 120 Å². The molecule has 0 aliphatic carbocycles. The van der Waals surface area contributed by atoms with Crippen LogP contribution in [0.4, 0.5) is 5.95 Å². The van der Waals surface area contributed by atoms with Gasteiger partial charge in [0, 0.05) is 13.2 Å². The van der Waals surface area contributed by atoms with Crippen molar-refractivity contribution < 1.29 is 9.90 Å². The van der Waals surface area contributed by atoms with Crippen LogP contribution in [0, 0.1) is 0 Å². The highest BCUT2D eigenvalue weighted by molar-refractivity contribution is 5.90. The molecule has 4 N–H and O–H groups in total. The first-order valence-electron chi connectivity index (χ1n) is 3.72. The van der Waals surface area contributed by atoms with E-state index >= 15 is 0 Å². The van der Waals surface area contributed by atoms with Crippen LogP contribution in [0.3, 0.4) is 0 Å². The second-order valence-corrected chi connectivity index (χ2v) is 2.46. The van der Waals surface area contributed by atoms with Gasteiger partial charge >= 0.3 is 0 Å². The van der Waals surface area contributed by atoms with Gasteiger partial charge < -0.3 is 15.8 Å². The van der Waals surface area contributed by atoms with Crippen molar-refractivity contribution in [1.82, 2.24) is 15.0 Å². The Morgan fingerprint density at radius 2 is 2.57 bits per heavy atom. The number of nitrogens with zero attached hydrogens (tertiary/aromatic N) is 4. The molecule has 76 valence electrons. The Balaban J connectivity index is 2.68. The van der Waals surface area contributed by atoms with E-state index in [1.165, 1.54) is 18.3 Å². The summed E-state index contributed by atoms with van der Waals surface area (Å²) in [7, 11) is 1.53. The van der Waals surface area contributed by atoms with Crippen LogP contribution in [0.25, 0.3) is 0 Å². The van der Waals surface area contributed by atoms with Crippen molar-refractivity contribution in [3.63, 3.8) is 0 Å². The molecule has 0 spiro atoms. The molecule has 14 heavy (non-hydrogen) atoms. The average Bonchev–Trinajstić information content (AvgIpc) is 2.62. The number of aliphatic hydroxyl groups excluding tert-OH is 1. The van der Waals surface area contributed by atoms with E-state index in [0.29, 0.717) is 0 Å². The Morgan fingerprint density at radius 3 is 3.07 bits per heavy atom. The molecule has 0 saturated heterocycles. The van der Waals surface area contributed by atoms with Crippen LogP contribution < -0.4 is 5.73 Å². The van der Waals surface area contributed by atoms with Crippen molar-refractivity contribution >= 4 is 11.9 Å². The SMILES string of the molecule is CN(CO)N=Nc1nc(C(N)=O)c[nH]1. The highest BCUT2D eigenvalue weighted by Crippen LogP contribution is 2.06. The quantitative estimate of drug-likeness (QED) is 0.339. The third-order valence-electron chi connectivity index (χ3n) is 1.31. The summed E-state index contributed by atoms with van der Waals surface area (Å²) in [5, 5.41) is 16.9. The molecule has 0 radical (unpaired) electrons. The average molecular weight is 198 g/mol. The lowest BCUT2D eigenvalue weighted by atomic mass is 10.5. The van der Waals surface area contributed by atoms with Crippen molar-refractivity contribution in [3.05, 3.63) is 11.9 Å². The molecule has 8 nitrogen and oxygen atoms in total. The minimum atomic E-state index is -0.641. The van der Waals surface area contributed by atoms with Gasteiger partial charge in [0.05, 0.1) is 0 Å². The molecule has 1 aromatic rings. The normalized spacial score (nSPS) is 10.7. The molecule has 1 heterocycles. The first kappa shape index (κ1) is 10.1. The smallest absolute Gasteiger partial charge is 0.268 e. The maximum Gasteiger partial charge on any atom is 0.268 e. The van der Waals surface area contributed by atoms with Crippen molar-refractivity contribution in [2.24, 2.45) is 16.1 Å². The molecule has 0 atom stereocenters. The minimum absolute atomic E-state index is 0.0885. The zero-order valence-electron chi connectivity index (χ0n) is 7.51. The summed E-state index contributed by atoms with van der Waals surface area (Å²) in [5.41, 5.74) is 5.05. The lowest BCUT2D eigenvalue weighted by Gasteiger charge is -2.03. The van der Waals surface area contributed by atoms with Gasteiger partial charge in [-0.3, -0.25) is 9.80 Å². The van der Waals surface area contributed by atoms with E-state index < -0.39 is 5.91 Å². The van der Waals surface area contributed by atoms with Crippen LogP contribution in [0.2, 0.25) is 0 Å². The number of primary amides is 1. The van der Waals surface area contributed by atoms with Crippen molar-refractivity contribution in [2.75, 3.05) is 13.8 Å². The third kappa shape index (κ3) is 2.52. The number of nitrogens with two attached hydrogens (primary N) is 1. The summed E-state index contributed by atoms with van der Waals surface area (Å²) >= 11 is 0. The zero-order chi connectivity index (χ0) is 10.6. The molecule has 0 fully saturated rings. The molecule has 0 aliphatic rings. The fourth-order valence-corrected chi connectivity index (χ4v) is 0.636. The lowest BCUT2D eigenvalue weighted by molar-refractivity contribution is 0.0996. The van der Waals surface area contributed by atoms with Gasteiger partial charge in [0.25, 0.3) is 5.91 Å². The molecule has 1 rings (SSSR count). The number of hydrogen-bond donors (Lipinski definition) is 3. The van der Waals surface area contributed by atoms with Crippen LogP contribution in [-0.4, -0.2) is 39.8 Å². The molecule has 8 heteroatoms. The molecule has 0 bridgehead atoms. The van der Waals surface area contributed by atoms with E-state index in [2.05, 4.69) is 20.3 Å². The van der Waals surface area contributed by atoms with Gasteiger partial charge in [-0.1, -0.05) is 10.3 Å². The number of aromatic amines is 1. The Labute approximate surface area is 79.4 Å². The second-order valence-electron chi connectivity index (χ2n) is 2.46. The fourth-order valence-electron chi connectivity index (χ4n) is 0.636. The van der Waals surface area contributed by atoms with Crippen LogP contribution in [-0.2, 0) is 0 Å². The van der Waals surface area contributed by atoms with E-state index in [9.17, 15) is 4.79 Å². The van der Waals surface area contributed by atoms with Gasteiger partial charge in [-0.25, -0.2) is 4.98 Å². The monoisotopic (exact) mass is 198 g/mol. The maximum absolute atomic E-state index is 10.6. The fraction of sp³-hybridized carbons (Fsp3) is 0.333. The Morgan fingerprint density at radius 1 is 1.86 bits per heavy atom. The number of carbonyl (C=O) groups excluding carboxylic acids is 1. The Hall–Kier alpha value is -1.96. The van der Waals surface area contributed by atoms with E-state index in [-0.39, 0.29) is 18.4 Å². The molecule has 1 amide bonds. The van der Waals surface area contributed by atoms with Gasteiger partial charge in [-0.05, 0) is 0 Å². The highest BCUT2D eigenvalue weighted by atomic mass is 16.3. The van der Waals surface area contributed by atoms with Crippen LogP contribution >= 0.6 is 0 Å². The molecule has 0 aliphatic heterocycles. The molecule has 0 aromatic carbocycles. The number of aliphatic hydroxyl groups is 1. The summed E-state index contributed by atoms with van der Waals surface area (Å²) in [6.07, 6.45) is 1.33. The van der Waals surface area contributed by atoms with Crippen LogP contribution in [0.15, 0.2) is 16.5 Å². The van der Waals surface area contributed by atoms with Gasteiger partial charge in [0.2, 0.25) is 5.95 Å². The number of aromatic nitrogens is 2. The number of imidazole rings is 1. The van der Waals surface area contributed by atoms with Crippen LogP contribution in [0.5, 0.6) is 0 Å². The third-order valence-corrected chi connectivity index (χ3v) is 1.31. The van der Waals surface area contributed by atoms with E-state index in [1.54, 1.807) is 0 Å². The number of nitrogens with one attached hydrogen (secondary N) is 1. The largest absolute Gasteiger partial charge is 0.375 e. The lowest BCUT2D eigenvalue weighted by Crippen LogP contribution is -2.11. The number of H-pyrrole nitrogens is 1. The van der Waals surface area contributed by atoms with Crippen molar-refractivity contribution in [1.29, 1.82) is 0 Å². The molecular formula is C6H10N6O2. The summed E-state index contributed by atoms with van der Waals surface area (Å²) in [6.45, 7) is -0.257. The first-order valence-corrected chi connectivity index (χ1v) is 3.72. The summed E-state index contributed by atoms with van der Waals surface area (Å²) in [6, 6.07) is 0. The van der Waals surface area contributed by atoms with Gasteiger partial charge in [0.1, 0.15) is 12.4 Å². The number of hydrogen-bond acceptors (Lipinski definition) is 5. The predicted octanol–water partition coefficient (Wildman–Crippen LogP) is -0.611. The summed E-state index contributed by atoms with van der Waals surface area (Å²) in [5.74, 6) is -0.489. The predicted molar refractivity (Wildman–Crippen MR) is 46.5 cm³/mol. The second kappa shape index (κ2) is 4.33. The van der Waals surface area contributed by atoms with E-state index in [1.807, 2.05) is 0 Å². The van der Waals surface area contributed by atoms with Gasteiger partial charge in [0.15, 0.2) is 0 Å². The van der Waals surface area contributed by atoms with Crippen molar-refractivity contribution in [3.8, 4) is 0 Å². The molecule has 0 saturated carbocycles. The maximum atomic E-state index is 10.6. The van der Waals surface area contributed by atoms with Crippen molar-refractivity contribution in [2.45, 2.75) is 0 Å². The number of carbonyl (C=O) groups is 1. The Bertz CT molecular complexity index is 346. The van der Waals surface area contributed by atoms with E-state index in [0.717, 1.165) is 0 Å². The minimum Gasteiger partial charge on any atom is -0.375 e. The molecular weight excluding hydrogens is 188 g/mol. The Kier molecular flexibility index (Phi) is 3.13.